The first kappa shape index (κ1) is 30.5. The molecule has 6 aromatic carbocycles. The predicted octanol–water partition coefficient (Wildman–Crippen LogP) is 9.46. The van der Waals surface area contributed by atoms with Crippen LogP contribution in [0.1, 0.15) is 0 Å². The van der Waals surface area contributed by atoms with Gasteiger partial charge in [-0.2, -0.15) is 0 Å². The topological polar surface area (TPSA) is 38.2 Å². The number of benzene rings is 6. The Bertz CT molecular complexity index is 2690. The highest BCUT2D eigenvalue weighted by Crippen LogP contribution is 2.43. The number of fused-ring (bicyclic) bond motifs is 5. The molecule has 0 saturated heterocycles. The van der Waals surface area contributed by atoms with Gasteiger partial charge in [0.05, 0.1) is 11.4 Å². The van der Waals surface area contributed by atoms with Crippen LogP contribution in [0.15, 0.2) is 188 Å². The molecule has 246 valence electrons. The zero-order chi connectivity index (χ0) is 34.5. The molecule has 0 bridgehead atoms. The lowest BCUT2D eigenvalue weighted by Crippen LogP contribution is -2.77. The number of rotatable bonds is 6. The SMILES string of the molecule is c1ccc([Si]2(c3ccccc3)c3cc4sc5ccccc5c4cc3N(c3cccc(Oc4cccc(-c5ccccn5)c4)c3)c3ncccc32)cc1. The van der Waals surface area contributed by atoms with Crippen LogP contribution in [0.2, 0.25) is 0 Å². The third kappa shape index (κ3) is 4.87. The van der Waals surface area contributed by atoms with Crippen LogP contribution < -0.4 is 30.4 Å². The van der Waals surface area contributed by atoms with Gasteiger partial charge in [-0.1, -0.05) is 109 Å². The van der Waals surface area contributed by atoms with Gasteiger partial charge in [0.2, 0.25) is 0 Å². The lowest BCUT2D eigenvalue weighted by atomic mass is 10.1. The van der Waals surface area contributed by atoms with Crippen molar-refractivity contribution in [3.8, 4) is 22.8 Å². The zero-order valence-corrected chi connectivity index (χ0v) is 29.9. The van der Waals surface area contributed by atoms with Crippen molar-refractivity contribution in [2.24, 2.45) is 0 Å². The zero-order valence-electron chi connectivity index (χ0n) is 28.1. The highest BCUT2D eigenvalue weighted by molar-refractivity contribution is 7.26. The normalized spacial score (nSPS) is 13.1. The summed E-state index contributed by atoms with van der Waals surface area (Å²) in [7, 11) is -2.86. The summed E-state index contributed by atoms with van der Waals surface area (Å²) >= 11 is 1.87. The highest BCUT2D eigenvalue weighted by atomic mass is 32.1. The van der Waals surface area contributed by atoms with Crippen LogP contribution in [0.3, 0.4) is 0 Å². The Morgan fingerprint density at radius 1 is 0.500 bits per heavy atom. The molecule has 4 heterocycles. The number of pyridine rings is 2. The Labute approximate surface area is 306 Å². The van der Waals surface area contributed by atoms with E-state index in [2.05, 4.69) is 143 Å². The summed E-state index contributed by atoms with van der Waals surface area (Å²) in [6, 6.07) is 62.7. The maximum Gasteiger partial charge on any atom is 0.186 e. The second-order valence-electron chi connectivity index (χ2n) is 13.0. The van der Waals surface area contributed by atoms with Crippen molar-refractivity contribution in [3.05, 3.63) is 188 Å². The fraction of sp³-hybridized carbons (Fsp3) is 0. The second kappa shape index (κ2) is 12.5. The van der Waals surface area contributed by atoms with Crippen molar-refractivity contribution in [1.29, 1.82) is 0 Å². The Morgan fingerprint density at radius 3 is 2.00 bits per heavy atom. The highest BCUT2D eigenvalue weighted by Gasteiger charge is 2.49. The van der Waals surface area contributed by atoms with Gasteiger partial charge in [-0.25, -0.2) is 4.98 Å². The molecule has 52 heavy (non-hydrogen) atoms. The largest absolute Gasteiger partial charge is 0.457 e. The first-order valence-electron chi connectivity index (χ1n) is 17.4. The number of anilines is 3. The van der Waals surface area contributed by atoms with Crippen LogP contribution in [0, 0.1) is 0 Å². The molecule has 1 aliphatic heterocycles. The molecule has 0 radical (unpaired) electrons. The molecule has 0 fully saturated rings. The average molecular weight is 702 g/mol. The molecule has 0 unspecified atom stereocenters. The molecular weight excluding hydrogens is 671 g/mol. The Kier molecular flexibility index (Phi) is 7.30. The van der Waals surface area contributed by atoms with Gasteiger partial charge < -0.3 is 4.74 Å². The van der Waals surface area contributed by atoms with Crippen LogP contribution in [-0.2, 0) is 0 Å². The second-order valence-corrected chi connectivity index (χ2v) is 17.8. The van der Waals surface area contributed by atoms with E-state index in [1.807, 2.05) is 66.2 Å². The molecule has 0 atom stereocenters. The third-order valence-electron chi connectivity index (χ3n) is 10.1. The van der Waals surface area contributed by atoms with Gasteiger partial charge in [0.1, 0.15) is 17.3 Å². The van der Waals surface area contributed by atoms with E-state index < -0.39 is 8.07 Å². The van der Waals surface area contributed by atoms with Crippen molar-refractivity contribution in [3.63, 3.8) is 0 Å². The van der Waals surface area contributed by atoms with Gasteiger partial charge in [-0.3, -0.25) is 9.88 Å². The van der Waals surface area contributed by atoms with Crippen LogP contribution in [0.5, 0.6) is 11.5 Å². The van der Waals surface area contributed by atoms with Crippen LogP contribution in [-0.4, -0.2) is 18.0 Å². The lowest BCUT2D eigenvalue weighted by Gasteiger charge is -2.44. The number of nitrogens with zero attached hydrogens (tertiary/aromatic N) is 3. The summed E-state index contributed by atoms with van der Waals surface area (Å²) in [6.07, 6.45) is 3.74. The van der Waals surface area contributed by atoms with Gasteiger partial charge in [0, 0.05) is 49.9 Å². The van der Waals surface area contributed by atoms with Crippen molar-refractivity contribution < 1.29 is 4.74 Å². The fourth-order valence-corrected chi connectivity index (χ4v) is 14.1. The quantitative estimate of drug-likeness (QED) is 0.162. The first-order chi connectivity index (χ1) is 25.8. The van der Waals surface area contributed by atoms with Gasteiger partial charge >= 0.3 is 0 Å². The molecule has 0 saturated carbocycles. The van der Waals surface area contributed by atoms with E-state index in [-0.39, 0.29) is 0 Å². The minimum Gasteiger partial charge on any atom is -0.457 e. The molecule has 3 aromatic heterocycles. The van der Waals surface area contributed by atoms with Gasteiger partial charge in [0.15, 0.2) is 8.07 Å². The summed E-state index contributed by atoms with van der Waals surface area (Å²) in [5, 5.41) is 7.80. The van der Waals surface area contributed by atoms with Crippen LogP contribution in [0.25, 0.3) is 31.4 Å². The van der Waals surface area contributed by atoms with Crippen molar-refractivity contribution in [1.82, 2.24) is 9.97 Å². The van der Waals surface area contributed by atoms with E-state index in [0.29, 0.717) is 0 Å². The summed E-state index contributed by atoms with van der Waals surface area (Å²) in [5.74, 6) is 2.45. The van der Waals surface area contributed by atoms with Crippen molar-refractivity contribution in [2.75, 3.05) is 4.90 Å². The van der Waals surface area contributed by atoms with Crippen molar-refractivity contribution in [2.45, 2.75) is 0 Å². The molecular formula is C46H31N3OSSi. The molecule has 6 heteroatoms. The molecule has 9 aromatic rings. The maximum absolute atomic E-state index is 6.58. The Morgan fingerprint density at radius 2 is 1.21 bits per heavy atom. The monoisotopic (exact) mass is 701 g/mol. The van der Waals surface area contributed by atoms with E-state index in [9.17, 15) is 0 Å². The molecule has 0 aliphatic carbocycles. The van der Waals surface area contributed by atoms with Crippen LogP contribution in [0.4, 0.5) is 17.2 Å². The van der Waals surface area contributed by atoms with E-state index in [1.165, 1.54) is 40.9 Å². The minimum atomic E-state index is -2.86. The van der Waals surface area contributed by atoms with Gasteiger partial charge in [0.25, 0.3) is 0 Å². The smallest absolute Gasteiger partial charge is 0.186 e. The number of hydrogen-bond donors (Lipinski definition) is 0. The molecule has 0 spiro atoms. The third-order valence-corrected chi connectivity index (χ3v) is 16.0. The van der Waals surface area contributed by atoms with E-state index >= 15 is 0 Å². The fourth-order valence-electron chi connectivity index (χ4n) is 7.87. The lowest BCUT2D eigenvalue weighted by molar-refractivity contribution is 0.483. The Hall–Kier alpha value is -6.34. The van der Waals surface area contributed by atoms with Gasteiger partial charge in [-0.15, -0.1) is 11.3 Å². The first-order valence-corrected chi connectivity index (χ1v) is 20.2. The number of thiophene rings is 1. The molecule has 4 nitrogen and oxygen atoms in total. The number of aromatic nitrogens is 2. The summed E-state index contributed by atoms with van der Waals surface area (Å²) in [4.78, 5) is 12.1. The van der Waals surface area contributed by atoms with Crippen LogP contribution >= 0.6 is 11.3 Å². The summed E-state index contributed by atoms with van der Waals surface area (Å²) < 4.78 is 9.16. The van der Waals surface area contributed by atoms with E-state index in [4.69, 9.17) is 9.72 Å². The summed E-state index contributed by atoms with van der Waals surface area (Å²) in [6.45, 7) is 0. The number of hydrogen-bond acceptors (Lipinski definition) is 5. The number of ether oxygens (including phenoxy) is 1. The Balaban J connectivity index is 1.21. The van der Waals surface area contributed by atoms with E-state index in [0.717, 1.165) is 39.9 Å². The summed E-state index contributed by atoms with van der Waals surface area (Å²) in [5.41, 5.74) is 4.05. The maximum atomic E-state index is 6.58. The van der Waals surface area contributed by atoms with Crippen molar-refractivity contribution >= 4 is 77.5 Å². The standard InChI is InChI=1S/C46H31N3OSSi/c1-3-18-36(19-4-1)52(37-20-5-2-6-21-37)44-25-13-27-48-46(44)49(41-30-39-38-22-7-8-24-42(38)51-43(39)31-45(41)52)33-15-12-17-35(29-33)50-34-16-11-14-32(28-34)40-23-9-10-26-47-40/h1-31H. The average Bonchev–Trinajstić information content (AvgIpc) is 3.58. The molecule has 10 rings (SSSR count). The molecule has 0 N–H and O–H groups in total. The van der Waals surface area contributed by atoms with Gasteiger partial charge in [-0.05, 0) is 81.4 Å². The molecule has 0 amide bonds. The minimum absolute atomic E-state index is 0.747. The molecule has 1 aliphatic rings. The predicted molar refractivity (Wildman–Crippen MR) is 219 cm³/mol. The van der Waals surface area contributed by atoms with E-state index in [1.54, 1.807) is 0 Å².